The number of hydrogen-bond donors (Lipinski definition) is 0. The summed E-state index contributed by atoms with van der Waals surface area (Å²) in [5, 5.41) is 0. The molecule has 0 unspecified atom stereocenters. The predicted molar refractivity (Wildman–Crippen MR) is 39.0 cm³/mol. The second-order valence-electron chi connectivity index (χ2n) is 2.09. The van der Waals surface area contributed by atoms with Gasteiger partial charge in [0.15, 0.2) is 0 Å². The zero-order valence-corrected chi connectivity index (χ0v) is 6.58. The van der Waals surface area contributed by atoms with Gasteiger partial charge >= 0.3 is 0 Å². The Hall–Kier alpha value is -0.570. The Morgan fingerprint density at radius 2 is 2.00 bits per heavy atom. The van der Waals surface area contributed by atoms with E-state index in [2.05, 4.69) is 0 Å². The molecule has 0 atom stereocenters. The molecule has 0 aromatic carbocycles. The molecule has 50 valence electrons. The van der Waals surface area contributed by atoms with E-state index in [1.807, 2.05) is 24.9 Å². The molecular formula is C6H9NOS. The molecule has 0 aliphatic rings. The molecule has 0 aliphatic carbocycles. The lowest BCUT2D eigenvalue weighted by Gasteiger charge is -1.90. The third-order valence-electron chi connectivity index (χ3n) is 1.54. The quantitative estimate of drug-likeness (QED) is 0.532. The molecule has 0 N–H and O–H groups in total. The Balaban J connectivity index is 3.47. The summed E-state index contributed by atoms with van der Waals surface area (Å²) < 4.78 is 2.06. The Morgan fingerprint density at radius 1 is 1.44 bits per heavy atom. The van der Waals surface area contributed by atoms with Crippen molar-refractivity contribution in [2.75, 3.05) is 0 Å². The molecule has 0 fully saturated rings. The van der Waals surface area contributed by atoms with Crippen LogP contribution in [0.25, 0.3) is 0 Å². The molecule has 1 rings (SSSR count). The standard InChI is InChI=1S/C6H9NOS/c1-4-5(2)7(3)9-6(4)8/h1-3H3. The first kappa shape index (κ1) is 6.55. The molecule has 0 amide bonds. The Bertz CT molecular complexity index is 271. The zero-order chi connectivity index (χ0) is 7.02. The lowest BCUT2D eigenvalue weighted by Crippen LogP contribution is -1.92. The van der Waals surface area contributed by atoms with Crippen molar-refractivity contribution in [1.82, 2.24) is 3.96 Å². The van der Waals surface area contributed by atoms with Crippen molar-refractivity contribution < 1.29 is 0 Å². The van der Waals surface area contributed by atoms with Crippen LogP contribution in [0.4, 0.5) is 0 Å². The molecule has 1 aromatic rings. The molecule has 0 spiro atoms. The highest BCUT2D eigenvalue weighted by Gasteiger charge is 2.01. The SMILES string of the molecule is Cc1c(C)n(C)sc1=O. The zero-order valence-electron chi connectivity index (χ0n) is 5.76. The lowest BCUT2D eigenvalue weighted by atomic mass is 10.3. The van der Waals surface area contributed by atoms with Gasteiger partial charge in [-0.2, -0.15) is 0 Å². The van der Waals surface area contributed by atoms with E-state index in [4.69, 9.17) is 0 Å². The van der Waals surface area contributed by atoms with Crippen molar-refractivity contribution >= 4 is 11.5 Å². The second kappa shape index (κ2) is 1.99. The van der Waals surface area contributed by atoms with Crippen molar-refractivity contribution in [3.8, 4) is 0 Å². The third kappa shape index (κ3) is 0.920. The first-order valence-electron chi connectivity index (χ1n) is 2.76. The molecule has 0 radical (unpaired) electrons. The van der Waals surface area contributed by atoms with E-state index >= 15 is 0 Å². The van der Waals surface area contributed by atoms with Gasteiger partial charge < -0.3 is 3.96 Å². The highest BCUT2D eigenvalue weighted by molar-refractivity contribution is 7.04. The van der Waals surface area contributed by atoms with E-state index in [1.165, 1.54) is 11.5 Å². The monoisotopic (exact) mass is 143 g/mol. The molecule has 2 nitrogen and oxygen atoms in total. The van der Waals surface area contributed by atoms with Crippen LogP contribution in [-0.4, -0.2) is 3.96 Å². The molecule has 1 heterocycles. The fourth-order valence-electron chi connectivity index (χ4n) is 0.645. The summed E-state index contributed by atoms with van der Waals surface area (Å²) in [6.45, 7) is 3.81. The first-order chi connectivity index (χ1) is 4.13. The fourth-order valence-corrected chi connectivity index (χ4v) is 1.45. The summed E-state index contributed by atoms with van der Waals surface area (Å²) in [6.07, 6.45) is 0. The number of hydrogen-bond acceptors (Lipinski definition) is 2. The average Bonchev–Trinajstić information content (AvgIpc) is 1.98. The predicted octanol–water partition coefficient (Wildman–Crippen LogP) is 1.06. The number of aromatic nitrogens is 1. The molecule has 0 aliphatic heterocycles. The van der Waals surface area contributed by atoms with Gasteiger partial charge in [0.1, 0.15) is 0 Å². The number of nitrogens with zero attached hydrogens (tertiary/aromatic N) is 1. The van der Waals surface area contributed by atoms with Gasteiger partial charge in [-0.1, -0.05) is 0 Å². The van der Waals surface area contributed by atoms with Crippen molar-refractivity contribution in [2.24, 2.45) is 7.05 Å². The van der Waals surface area contributed by atoms with E-state index in [-0.39, 0.29) is 4.74 Å². The molecule has 9 heavy (non-hydrogen) atoms. The highest BCUT2D eigenvalue weighted by atomic mass is 32.1. The fraction of sp³-hybridized carbons (Fsp3) is 0.500. The van der Waals surface area contributed by atoms with Gasteiger partial charge in [-0.3, -0.25) is 4.79 Å². The highest BCUT2D eigenvalue weighted by Crippen LogP contribution is 2.02. The summed E-state index contributed by atoms with van der Waals surface area (Å²) in [5.41, 5.74) is 1.95. The summed E-state index contributed by atoms with van der Waals surface area (Å²) in [7, 11) is 1.90. The minimum atomic E-state index is 0.176. The Morgan fingerprint density at radius 3 is 2.11 bits per heavy atom. The Labute approximate surface area is 57.9 Å². The Kier molecular flexibility index (Phi) is 1.45. The maximum absolute atomic E-state index is 10.9. The topological polar surface area (TPSA) is 22.0 Å². The van der Waals surface area contributed by atoms with Crippen molar-refractivity contribution in [3.05, 3.63) is 20.8 Å². The largest absolute Gasteiger partial charge is 0.302 e. The van der Waals surface area contributed by atoms with Crippen molar-refractivity contribution in [1.29, 1.82) is 0 Å². The van der Waals surface area contributed by atoms with E-state index in [0.29, 0.717) is 0 Å². The van der Waals surface area contributed by atoms with Gasteiger partial charge in [-0.05, 0) is 25.4 Å². The van der Waals surface area contributed by atoms with Crippen LogP contribution < -0.4 is 4.74 Å². The van der Waals surface area contributed by atoms with Gasteiger partial charge in [0.2, 0.25) is 0 Å². The lowest BCUT2D eigenvalue weighted by molar-refractivity contribution is 0.960. The van der Waals surface area contributed by atoms with E-state index in [0.717, 1.165) is 11.3 Å². The van der Waals surface area contributed by atoms with Crippen LogP contribution in [-0.2, 0) is 7.05 Å². The van der Waals surface area contributed by atoms with Gasteiger partial charge in [0.05, 0.1) is 0 Å². The van der Waals surface area contributed by atoms with E-state index in [1.54, 1.807) is 0 Å². The molecule has 3 heteroatoms. The van der Waals surface area contributed by atoms with Gasteiger partial charge in [0, 0.05) is 18.3 Å². The number of rotatable bonds is 0. The minimum Gasteiger partial charge on any atom is -0.302 e. The molecule has 0 bridgehead atoms. The normalized spacial score (nSPS) is 10.1. The summed E-state index contributed by atoms with van der Waals surface area (Å²) in [5.74, 6) is 0. The molecule has 0 saturated carbocycles. The summed E-state index contributed by atoms with van der Waals surface area (Å²) in [4.78, 5) is 10.9. The van der Waals surface area contributed by atoms with Crippen LogP contribution in [0.15, 0.2) is 4.79 Å². The number of aryl methyl sites for hydroxylation is 1. The molecule has 0 saturated heterocycles. The van der Waals surface area contributed by atoms with Crippen LogP contribution in [0.1, 0.15) is 11.3 Å². The van der Waals surface area contributed by atoms with Crippen LogP contribution >= 0.6 is 11.5 Å². The van der Waals surface area contributed by atoms with Crippen LogP contribution in [0.5, 0.6) is 0 Å². The van der Waals surface area contributed by atoms with Crippen LogP contribution in [0.3, 0.4) is 0 Å². The van der Waals surface area contributed by atoms with Gasteiger partial charge in [-0.25, -0.2) is 0 Å². The van der Waals surface area contributed by atoms with Crippen molar-refractivity contribution in [3.63, 3.8) is 0 Å². The summed E-state index contributed by atoms with van der Waals surface area (Å²) in [6, 6.07) is 0. The average molecular weight is 143 g/mol. The van der Waals surface area contributed by atoms with E-state index in [9.17, 15) is 4.79 Å². The van der Waals surface area contributed by atoms with Gasteiger partial charge in [-0.15, -0.1) is 0 Å². The maximum atomic E-state index is 10.9. The third-order valence-corrected chi connectivity index (χ3v) is 2.56. The second-order valence-corrected chi connectivity index (χ2v) is 3.19. The van der Waals surface area contributed by atoms with Crippen LogP contribution in [0.2, 0.25) is 0 Å². The van der Waals surface area contributed by atoms with Gasteiger partial charge in [0.25, 0.3) is 4.74 Å². The van der Waals surface area contributed by atoms with E-state index < -0.39 is 0 Å². The maximum Gasteiger partial charge on any atom is 0.252 e. The summed E-state index contributed by atoms with van der Waals surface area (Å²) >= 11 is 1.26. The van der Waals surface area contributed by atoms with Crippen LogP contribution in [0, 0.1) is 13.8 Å². The molecule has 1 aromatic heterocycles. The minimum absolute atomic E-state index is 0.176. The first-order valence-corrected chi connectivity index (χ1v) is 3.54. The van der Waals surface area contributed by atoms with Crippen molar-refractivity contribution in [2.45, 2.75) is 13.8 Å². The smallest absolute Gasteiger partial charge is 0.252 e. The molecular weight excluding hydrogens is 134 g/mol.